The molecular weight excluding hydrogens is 412 g/mol. The molecule has 1 aliphatic rings. The van der Waals surface area contributed by atoms with Gasteiger partial charge in [-0.1, -0.05) is 16.8 Å². The van der Waals surface area contributed by atoms with Crippen LogP contribution in [0.3, 0.4) is 0 Å². The molecule has 3 rings (SSSR count). The van der Waals surface area contributed by atoms with Gasteiger partial charge in [0.1, 0.15) is 18.1 Å². The lowest BCUT2D eigenvalue weighted by molar-refractivity contribution is -0.135. The average molecular weight is 435 g/mol. The van der Waals surface area contributed by atoms with Crippen molar-refractivity contribution in [1.82, 2.24) is 20.7 Å². The van der Waals surface area contributed by atoms with E-state index in [0.717, 1.165) is 0 Å². The highest BCUT2D eigenvalue weighted by Gasteiger charge is 2.20. The Morgan fingerprint density at radius 2 is 2.07 bits per heavy atom. The van der Waals surface area contributed by atoms with Crippen molar-refractivity contribution < 1.29 is 23.6 Å². The van der Waals surface area contributed by atoms with E-state index < -0.39 is 0 Å². The van der Waals surface area contributed by atoms with E-state index in [0.29, 0.717) is 47.3 Å². The van der Waals surface area contributed by atoms with Gasteiger partial charge in [0.05, 0.1) is 30.8 Å². The van der Waals surface area contributed by atoms with E-state index in [9.17, 15) is 14.4 Å². The van der Waals surface area contributed by atoms with Crippen LogP contribution in [0, 0.1) is 6.92 Å². The number of carbonyl (C=O) groups is 3. The predicted molar refractivity (Wildman–Crippen MR) is 108 cm³/mol. The van der Waals surface area contributed by atoms with E-state index in [-0.39, 0.29) is 43.8 Å². The van der Waals surface area contributed by atoms with Gasteiger partial charge < -0.3 is 24.8 Å². The Hall–Kier alpha value is -3.07. The van der Waals surface area contributed by atoms with Gasteiger partial charge in [-0.2, -0.15) is 0 Å². The number of aromatic nitrogens is 1. The van der Waals surface area contributed by atoms with E-state index in [1.807, 2.05) is 0 Å². The molecule has 0 spiro atoms. The van der Waals surface area contributed by atoms with Gasteiger partial charge in [-0.25, -0.2) is 0 Å². The second-order valence-electron chi connectivity index (χ2n) is 6.88. The van der Waals surface area contributed by atoms with Crippen LogP contribution in [0.5, 0.6) is 5.75 Å². The molecule has 2 heterocycles. The summed E-state index contributed by atoms with van der Waals surface area (Å²) in [5.74, 6) is -0.0373. The summed E-state index contributed by atoms with van der Waals surface area (Å²) in [6.45, 7) is 2.69. The maximum absolute atomic E-state index is 12.7. The van der Waals surface area contributed by atoms with Crippen molar-refractivity contribution in [2.75, 3.05) is 32.8 Å². The van der Waals surface area contributed by atoms with Crippen molar-refractivity contribution in [2.45, 2.75) is 19.8 Å². The first-order valence-corrected chi connectivity index (χ1v) is 9.97. The Kier molecular flexibility index (Phi) is 7.29. The summed E-state index contributed by atoms with van der Waals surface area (Å²) in [6, 6.07) is 6.47. The van der Waals surface area contributed by atoms with Crippen molar-refractivity contribution in [3.8, 4) is 5.75 Å². The Bertz CT molecular complexity index is 930. The Labute approximate surface area is 178 Å². The fraction of sp³-hybridized carbons (Fsp3) is 0.400. The Morgan fingerprint density at radius 3 is 2.83 bits per heavy atom. The third-order valence-corrected chi connectivity index (χ3v) is 4.68. The Morgan fingerprint density at radius 1 is 1.23 bits per heavy atom. The van der Waals surface area contributed by atoms with Crippen molar-refractivity contribution >= 4 is 29.3 Å². The minimum Gasteiger partial charge on any atom is -0.491 e. The van der Waals surface area contributed by atoms with E-state index in [1.165, 1.54) is 11.0 Å². The lowest BCUT2D eigenvalue weighted by Crippen LogP contribution is -2.43. The van der Waals surface area contributed by atoms with Crippen LogP contribution in [0.25, 0.3) is 0 Å². The van der Waals surface area contributed by atoms with Gasteiger partial charge in [0, 0.05) is 24.2 Å². The number of carbonyl (C=O) groups excluding carboxylic acids is 3. The van der Waals surface area contributed by atoms with Crippen LogP contribution in [0.1, 0.15) is 28.2 Å². The van der Waals surface area contributed by atoms with Crippen LogP contribution in [0.15, 0.2) is 28.8 Å². The van der Waals surface area contributed by atoms with Crippen LogP contribution < -0.4 is 15.4 Å². The van der Waals surface area contributed by atoms with Gasteiger partial charge in [0.2, 0.25) is 11.8 Å². The number of ether oxygens (including phenoxy) is 1. The molecule has 30 heavy (non-hydrogen) atoms. The molecule has 0 unspecified atom stereocenters. The first kappa shape index (κ1) is 21.6. The summed E-state index contributed by atoms with van der Waals surface area (Å²) in [4.78, 5) is 38.9. The standard InChI is InChI=1S/C20H23ClN4O5/c1-13-9-15(30-24-13)11-19(27)25-7-2-5-23-20(28)16-10-14(21)3-4-17(16)29-8-6-22-18(26)12-25/h3-4,9-10H,2,5-8,11-12H2,1H3,(H,22,26)(H,23,28). The number of amides is 3. The maximum atomic E-state index is 12.7. The average Bonchev–Trinajstić information content (AvgIpc) is 3.12. The summed E-state index contributed by atoms with van der Waals surface area (Å²) >= 11 is 6.01. The molecule has 0 atom stereocenters. The summed E-state index contributed by atoms with van der Waals surface area (Å²) in [7, 11) is 0. The van der Waals surface area contributed by atoms with Crippen molar-refractivity contribution in [1.29, 1.82) is 0 Å². The predicted octanol–water partition coefficient (Wildman–Crippen LogP) is 1.34. The highest BCUT2D eigenvalue weighted by atomic mass is 35.5. The first-order chi connectivity index (χ1) is 14.4. The molecule has 1 aromatic carbocycles. The van der Waals surface area contributed by atoms with E-state index in [1.54, 1.807) is 25.1 Å². The number of nitrogens with zero attached hydrogens (tertiary/aromatic N) is 2. The smallest absolute Gasteiger partial charge is 0.255 e. The number of nitrogens with one attached hydrogen (secondary N) is 2. The molecule has 0 saturated carbocycles. The van der Waals surface area contributed by atoms with Crippen molar-refractivity contribution in [3.05, 3.63) is 46.3 Å². The fourth-order valence-electron chi connectivity index (χ4n) is 3.01. The van der Waals surface area contributed by atoms with Crippen LogP contribution in [-0.2, 0) is 16.0 Å². The van der Waals surface area contributed by atoms with Crippen LogP contribution in [0.4, 0.5) is 0 Å². The third-order valence-electron chi connectivity index (χ3n) is 4.45. The number of aryl methyl sites for hydroxylation is 1. The minimum absolute atomic E-state index is 0.00939. The quantitative estimate of drug-likeness (QED) is 0.737. The first-order valence-electron chi connectivity index (χ1n) is 9.59. The van der Waals surface area contributed by atoms with Gasteiger partial charge in [0.25, 0.3) is 5.91 Å². The lowest BCUT2D eigenvalue weighted by atomic mass is 10.2. The molecule has 10 heteroatoms. The van der Waals surface area contributed by atoms with E-state index in [2.05, 4.69) is 15.8 Å². The zero-order valence-electron chi connectivity index (χ0n) is 16.6. The minimum atomic E-state index is -0.316. The van der Waals surface area contributed by atoms with Crippen LogP contribution >= 0.6 is 11.6 Å². The van der Waals surface area contributed by atoms with Gasteiger partial charge >= 0.3 is 0 Å². The summed E-state index contributed by atoms with van der Waals surface area (Å²) < 4.78 is 10.7. The van der Waals surface area contributed by atoms with Gasteiger partial charge in [-0.3, -0.25) is 14.4 Å². The topological polar surface area (TPSA) is 114 Å². The second-order valence-corrected chi connectivity index (χ2v) is 7.31. The summed E-state index contributed by atoms with van der Waals surface area (Å²) in [5.41, 5.74) is 0.999. The molecule has 1 aromatic heterocycles. The van der Waals surface area contributed by atoms with Crippen molar-refractivity contribution in [2.24, 2.45) is 0 Å². The normalized spacial score (nSPS) is 16.0. The second kappa shape index (κ2) is 10.1. The molecule has 0 radical (unpaired) electrons. The molecule has 2 N–H and O–H groups in total. The summed E-state index contributed by atoms with van der Waals surface area (Å²) in [6.07, 6.45) is 0.479. The number of hydrogen-bond donors (Lipinski definition) is 2. The maximum Gasteiger partial charge on any atom is 0.255 e. The molecule has 1 aliphatic heterocycles. The third kappa shape index (κ3) is 5.96. The van der Waals surface area contributed by atoms with Crippen molar-refractivity contribution in [3.63, 3.8) is 0 Å². The molecular formula is C20H23ClN4O5. The molecule has 3 amide bonds. The van der Waals surface area contributed by atoms with Crippen LogP contribution in [-0.4, -0.2) is 60.6 Å². The molecule has 9 nitrogen and oxygen atoms in total. The Balaban J connectivity index is 1.68. The molecule has 0 aliphatic carbocycles. The summed E-state index contributed by atoms with van der Waals surface area (Å²) in [5, 5.41) is 9.71. The van der Waals surface area contributed by atoms with E-state index >= 15 is 0 Å². The monoisotopic (exact) mass is 434 g/mol. The molecule has 0 saturated heterocycles. The number of hydrogen-bond acceptors (Lipinski definition) is 6. The fourth-order valence-corrected chi connectivity index (χ4v) is 3.18. The lowest BCUT2D eigenvalue weighted by Gasteiger charge is -2.22. The SMILES string of the molecule is Cc1cc(CC(=O)N2CCCNC(=O)c3cc(Cl)ccc3OCCNC(=O)C2)on1. The largest absolute Gasteiger partial charge is 0.491 e. The number of benzene rings is 1. The number of rotatable bonds is 2. The zero-order valence-corrected chi connectivity index (χ0v) is 17.3. The highest BCUT2D eigenvalue weighted by Crippen LogP contribution is 2.23. The molecule has 0 bridgehead atoms. The molecule has 2 aromatic rings. The van der Waals surface area contributed by atoms with E-state index in [4.69, 9.17) is 20.9 Å². The zero-order chi connectivity index (χ0) is 21.5. The molecule has 160 valence electrons. The van der Waals surface area contributed by atoms with Gasteiger partial charge in [-0.15, -0.1) is 0 Å². The highest BCUT2D eigenvalue weighted by molar-refractivity contribution is 6.31. The van der Waals surface area contributed by atoms with Crippen LogP contribution in [0.2, 0.25) is 5.02 Å². The van der Waals surface area contributed by atoms with Gasteiger partial charge in [0.15, 0.2) is 0 Å². The number of halogens is 1. The number of fused-ring (bicyclic) bond motifs is 1. The molecule has 0 fully saturated rings. The van der Waals surface area contributed by atoms with Gasteiger partial charge in [-0.05, 0) is 31.5 Å².